The summed E-state index contributed by atoms with van der Waals surface area (Å²) >= 11 is 0. The van der Waals surface area contributed by atoms with Gasteiger partial charge >= 0.3 is 6.03 Å². The van der Waals surface area contributed by atoms with Crippen LogP contribution >= 0.6 is 0 Å². The van der Waals surface area contributed by atoms with Gasteiger partial charge in [0.2, 0.25) is 0 Å². The van der Waals surface area contributed by atoms with Crippen molar-refractivity contribution in [3.05, 3.63) is 0 Å². The second kappa shape index (κ2) is 7.84. The van der Waals surface area contributed by atoms with E-state index in [-0.39, 0.29) is 12.1 Å². The summed E-state index contributed by atoms with van der Waals surface area (Å²) in [5, 5.41) is 2.98. The molecule has 2 aliphatic rings. The van der Waals surface area contributed by atoms with Gasteiger partial charge in [-0.05, 0) is 31.6 Å². The van der Waals surface area contributed by atoms with Gasteiger partial charge in [0.25, 0.3) is 0 Å². The molecule has 2 amide bonds. The fourth-order valence-electron chi connectivity index (χ4n) is 2.67. The maximum Gasteiger partial charge on any atom is 0.317 e. The molecule has 0 bridgehead atoms. The highest BCUT2D eigenvalue weighted by Gasteiger charge is 2.24. The molecule has 0 aromatic heterocycles. The highest BCUT2D eigenvalue weighted by molar-refractivity contribution is 5.74. The molecule has 2 saturated heterocycles. The van der Waals surface area contributed by atoms with Crippen molar-refractivity contribution in [2.45, 2.75) is 51.7 Å². The Bertz CT molecular complexity index is 295. The van der Waals surface area contributed by atoms with E-state index in [9.17, 15) is 4.79 Å². The van der Waals surface area contributed by atoms with Crippen molar-refractivity contribution in [1.29, 1.82) is 0 Å². The number of piperidine rings is 1. The fourth-order valence-corrected chi connectivity index (χ4v) is 2.67. The molecule has 0 spiro atoms. The average molecular weight is 284 g/mol. The minimum absolute atomic E-state index is 0.0443. The van der Waals surface area contributed by atoms with Crippen molar-refractivity contribution in [3.63, 3.8) is 0 Å². The zero-order chi connectivity index (χ0) is 14.4. The summed E-state index contributed by atoms with van der Waals surface area (Å²) in [6.07, 6.45) is 4.59. The van der Waals surface area contributed by atoms with Crippen LogP contribution in [0.25, 0.3) is 0 Å². The topological polar surface area (TPSA) is 50.8 Å². The number of carbonyl (C=O) groups excluding carboxylic acids is 1. The Morgan fingerprint density at radius 3 is 2.70 bits per heavy atom. The molecule has 2 fully saturated rings. The summed E-state index contributed by atoms with van der Waals surface area (Å²) in [6.45, 7) is 8.19. The Labute approximate surface area is 122 Å². The van der Waals surface area contributed by atoms with Gasteiger partial charge in [0.1, 0.15) is 0 Å². The quantitative estimate of drug-likeness (QED) is 0.840. The van der Waals surface area contributed by atoms with Crippen LogP contribution in [0.2, 0.25) is 0 Å². The highest BCUT2D eigenvalue weighted by Crippen LogP contribution is 2.15. The number of amides is 2. The number of hydrogen-bond acceptors (Lipinski definition) is 3. The summed E-state index contributed by atoms with van der Waals surface area (Å²) < 4.78 is 11.3. The van der Waals surface area contributed by atoms with Crippen LogP contribution in [0.15, 0.2) is 0 Å². The Morgan fingerprint density at radius 1 is 1.35 bits per heavy atom. The lowest BCUT2D eigenvalue weighted by atomic mass is 10.1. The lowest BCUT2D eigenvalue weighted by molar-refractivity contribution is 0.00187. The number of carbonyl (C=O) groups is 1. The van der Waals surface area contributed by atoms with Crippen LogP contribution in [0, 0.1) is 5.92 Å². The zero-order valence-corrected chi connectivity index (χ0v) is 12.8. The van der Waals surface area contributed by atoms with E-state index in [0.29, 0.717) is 18.6 Å². The standard InChI is InChI=1S/C15H28N2O3/c1-12(2)11-20-13-5-7-17(8-6-13)15(18)16-10-14-4-3-9-19-14/h12-14H,3-11H2,1-2H3,(H,16,18)/t14-/m1/s1. The van der Waals surface area contributed by atoms with E-state index < -0.39 is 0 Å². The van der Waals surface area contributed by atoms with E-state index in [1.165, 1.54) is 0 Å². The number of urea groups is 1. The predicted molar refractivity (Wildman–Crippen MR) is 77.8 cm³/mol. The highest BCUT2D eigenvalue weighted by atomic mass is 16.5. The summed E-state index contributed by atoms with van der Waals surface area (Å²) in [7, 11) is 0. The Kier molecular flexibility index (Phi) is 6.10. The smallest absolute Gasteiger partial charge is 0.317 e. The fraction of sp³-hybridized carbons (Fsp3) is 0.933. The van der Waals surface area contributed by atoms with Crippen molar-refractivity contribution in [2.24, 2.45) is 5.92 Å². The average Bonchev–Trinajstić information content (AvgIpc) is 2.96. The minimum atomic E-state index is 0.0443. The molecular weight excluding hydrogens is 256 g/mol. The number of hydrogen-bond donors (Lipinski definition) is 1. The molecule has 0 aromatic carbocycles. The number of nitrogens with zero attached hydrogens (tertiary/aromatic N) is 1. The first-order valence-corrected chi connectivity index (χ1v) is 7.91. The molecule has 2 heterocycles. The number of likely N-dealkylation sites (tertiary alicyclic amines) is 1. The van der Waals surface area contributed by atoms with E-state index in [2.05, 4.69) is 19.2 Å². The second-order valence-corrected chi connectivity index (χ2v) is 6.23. The molecule has 116 valence electrons. The Morgan fingerprint density at radius 2 is 2.10 bits per heavy atom. The van der Waals surface area contributed by atoms with E-state index in [1.54, 1.807) is 0 Å². The van der Waals surface area contributed by atoms with Gasteiger partial charge in [-0.3, -0.25) is 0 Å². The summed E-state index contributed by atoms with van der Waals surface area (Å²) in [4.78, 5) is 13.9. The van der Waals surface area contributed by atoms with E-state index in [0.717, 1.165) is 52.0 Å². The predicted octanol–water partition coefficient (Wildman–Crippen LogP) is 2.01. The van der Waals surface area contributed by atoms with Crippen LogP contribution in [-0.4, -0.2) is 56.0 Å². The van der Waals surface area contributed by atoms with Crippen molar-refractivity contribution < 1.29 is 14.3 Å². The normalized spacial score (nSPS) is 24.4. The lowest BCUT2D eigenvalue weighted by Gasteiger charge is -2.32. The molecule has 0 saturated carbocycles. The molecule has 0 aromatic rings. The van der Waals surface area contributed by atoms with Gasteiger partial charge < -0.3 is 19.7 Å². The molecule has 2 aliphatic heterocycles. The maximum atomic E-state index is 12.0. The third kappa shape index (κ3) is 4.94. The molecule has 1 atom stereocenters. The van der Waals surface area contributed by atoms with E-state index in [1.807, 2.05) is 4.90 Å². The second-order valence-electron chi connectivity index (χ2n) is 6.23. The molecule has 1 N–H and O–H groups in total. The third-order valence-corrected chi connectivity index (χ3v) is 3.90. The van der Waals surface area contributed by atoms with Gasteiger partial charge in [-0.1, -0.05) is 13.8 Å². The van der Waals surface area contributed by atoms with Gasteiger partial charge in [-0.25, -0.2) is 4.79 Å². The van der Waals surface area contributed by atoms with Crippen LogP contribution in [0.3, 0.4) is 0 Å². The Hall–Kier alpha value is -0.810. The summed E-state index contributed by atoms with van der Waals surface area (Å²) in [5.41, 5.74) is 0. The van der Waals surface area contributed by atoms with Gasteiger partial charge in [-0.15, -0.1) is 0 Å². The molecule has 0 unspecified atom stereocenters. The first-order chi connectivity index (χ1) is 9.65. The molecule has 5 heteroatoms. The van der Waals surface area contributed by atoms with Gasteiger partial charge in [0.15, 0.2) is 0 Å². The summed E-state index contributed by atoms with van der Waals surface area (Å²) in [5.74, 6) is 0.572. The first kappa shape index (κ1) is 15.6. The largest absolute Gasteiger partial charge is 0.378 e. The van der Waals surface area contributed by atoms with E-state index in [4.69, 9.17) is 9.47 Å². The third-order valence-electron chi connectivity index (χ3n) is 3.90. The SMILES string of the molecule is CC(C)COC1CCN(C(=O)NC[C@H]2CCCO2)CC1. The van der Waals surface area contributed by atoms with Crippen LogP contribution in [0.1, 0.15) is 39.5 Å². The van der Waals surface area contributed by atoms with Crippen LogP contribution in [0.4, 0.5) is 4.79 Å². The first-order valence-electron chi connectivity index (χ1n) is 7.91. The maximum absolute atomic E-state index is 12.0. The van der Waals surface area contributed by atoms with Gasteiger partial charge in [-0.2, -0.15) is 0 Å². The lowest BCUT2D eigenvalue weighted by Crippen LogP contribution is -2.47. The zero-order valence-electron chi connectivity index (χ0n) is 12.8. The minimum Gasteiger partial charge on any atom is -0.378 e. The number of ether oxygens (including phenoxy) is 2. The molecule has 0 aliphatic carbocycles. The number of nitrogens with one attached hydrogen (secondary N) is 1. The van der Waals surface area contributed by atoms with Crippen LogP contribution in [-0.2, 0) is 9.47 Å². The monoisotopic (exact) mass is 284 g/mol. The van der Waals surface area contributed by atoms with Crippen molar-refractivity contribution >= 4 is 6.03 Å². The molecular formula is C15H28N2O3. The molecule has 0 radical (unpaired) electrons. The van der Waals surface area contributed by atoms with Crippen LogP contribution in [0.5, 0.6) is 0 Å². The van der Waals surface area contributed by atoms with Crippen molar-refractivity contribution in [3.8, 4) is 0 Å². The molecule has 5 nitrogen and oxygen atoms in total. The van der Waals surface area contributed by atoms with Gasteiger partial charge in [0, 0.05) is 32.8 Å². The van der Waals surface area contributed by atoms with Gasteiger partial charge in [0.05, 0.1) is 12.2 Å². The number of rotatable bonds is 5. The molecule has 20 heavy (non-hydrogen) atoms. The van der Waals surface area contributed by atoms with Crippen LogP contribution < -0.4 is 5.32 Å². The molecule has 2 rings (SSSR count). The van der Waals surface area contributed by atoms with Crippen molar-refractivity contribution in [1.82, 2.24) is 10.2 Å². The summed E-state index contributed by atoms with van der Waals surface area (Å²) in [6, 6.07) is 0.0443. The van der Waals surface area contributed by atoms with Crippen molar-refractivity contribution in [2.75, 3.05) is 32.8 Å². The van der Waals surface area contributed by atoms with E-state index >= 15 is 0 Å². The Balaban J connectivity index is 1.61.